The minimum absolute atomic E-state index is 0.0501. The Morgan fingerprint density at radius 1 is 0.967 bits per heavy atom. The highest BCUT2D eigenvalue weighted by atomic mass is 32.2. The minimum Gasteiger partial charge on any atom is -0.461 e. The van der Waals surface area contributed by atoms with E-state index < -0.39 is 16.0 Å². The fourth-order valence-electron chi connectivity index (χ4n) is 2.91. The van der Waals surface area contributed by atoms with Gasteiger partial charge in [0.1, 0.15) is 6.61 Å². The number of nitrogens with one attached hydrogen (secondary N) is 1. The molecule has 0 saturated heterocycles. The Morgan fingerprint density at radius 2 is 1.53 bits per heavy atom. The molecule has 164 valence electrons. The van der Waals surface area contributed by atoms with E-state index >= 15 is 0 Å². The summed E-state index contributed by atoms with van der Waals surface area (Å²) in [6.45, 7) is 13.2. The molecule has 0 bridgehead atoms. The van der Waals surface area contributed by atoms with E-state index in [9.17, 15) is 13.2 Å². The van der Waals surface area contributed by atoms with E-state index in [1.54, 1.807) is 36.4 Å². The molecule has 0 unspecified atom stereocenters. The minimum atomic E-state index is -3.71. The monoisotopic (exact) mass is 432 g/mol. The predicted octanol–water partition coefficient (Wildman–Crippen LogP) is 4.28. The van der Waals surface area contributed by atoms with Gasteiger partial charge >= 0.3 is 5.97 Å². The molecule has 0 atom stereocenters. The first-order valence-electron chi connectivity index (χ1n) is 10.2. The number of sulfonamides is 1. The fraction of sp³-hybridized carbons (Fsp3) is 0.435. The Labute approximate surface area is 180 Å². The van der Waals surface area contributed by atoms with E-state index in [0.29, 0.717) is 24.4 Å². The van der Waals surface area contributed by atoms with E-state index in [1.165, 1.54) is 0 Å². The van der Waals surface area contributed by atoms with Gasteiger partial charge in [0.25, 0.3) is 10.0 Å². The molecule has 7 heteroatoms. The third-order valence-electron chi connectivity index (χ3n) is 4.94. The van der Waals surface area contributed by atoms with Crippen molar-refractivity contribution in [2.75, 3.05) is 31.0 Å². The molecule has 1 N–H and O–H groups in total. The van der Waals surface area contributed by atoms with Crippen LogP contribution < -0.4 is 4.72 Å². The van der Waals surface area contributed by atoms with Gasteiger partial charge in [0.15, 0.2) is 0 Å². The summed E-state index contributed by atoms with van der Waals surface area (Å²) in [6, 6.07) is 13.1. The molecule has 0 spiro atoms. The van der Waals surface area contributed by atoms with Crippen molar-refractivity contribution in [3.63, 3.8) is 0 Å². The maximum absolute atomic E-state index is 12.6. The van der Waals surface area contributed by atoms with Crippen LogP contribution in [0.4, 0.5) is 5.69 Å². The molecule has 0 amide bonds. The van der Waals surface area contributed by atoms with Gasteiger partial charge < -0.3 is 9.64 Å². The van der Waals surface area contributed by atoms with Crippen molar-refractivity contribution in [1.29, 1.82) is 0 Å². The summed E-state index contributed by atoms with van der Waals surface area (Å²) in [4.78, 5) is 14.5. The van der Waals surface area contributed by atoms with Crippen LogP contribution >= 0.6 is 0 Å². The molecule has 0 aliphatic carbocycles. The topological polar surface area (TPSA) is 75.7 Å². The highest BCUT2D eigenvalue weighted by Crippen LogP contribution is 2.24. The first-order valence-corrected chi connectivity index (χ1v) is 11.7. The zero-order chi connectivity index (χ0) is 22.4. The molecule has 0 aliphatic rings. The van der Waals surface area contributed by atoms with E-state index in [-0.39, 0.29) is 10.3 Å². The van der Waals surface area contributed by atoms with Gasteiger partial charge in [-0.2, -0.15) is 0 Å². The number of hydrogen-bond donors (Lipinski definition) is 1. The largest absolute Gasteiger partial charge is 0.461 e. The van der Waals surface area contributed by atoms with Gasteiger partial charge in [-0.05, 0) is 60.5 Å². The fourth-order valence-corrected chi connectivity index (χ4v) is 3.97. The lowest BCUT2D eigenvalue weighted by Gasteiger charge is -2.19. The number of benzene rings is 2. The van der Waals surface area contributed by atoms with Crippen LogP contribution in [0.25, 0.3) is 0 Å². The van der Waals surface area contributed by atoms with Gasteiger partial charge in [0.05, 0.1) is 10.5 Å². The van der Waals surface area contributed by atoms with E-state index in [2.05, 4.69) is 44.2 Å². The van der Waals surface area contributed by atoms with Crippen molar-refractivity contribution in [2.24, 2.45) is 0 Å². The maximum Gasteiger partial charge on any atom is 0.338 e. The number of ether oxygens (including phenoxy) is 1. The van der Waals surface area contributed by atoms with Gasteiger partial charge in [-0.25, -0.2) is 13.2 Å². The van der Waals surface area contributed by atoms with Gasteiger partial charge in [-0.1, -0.05) is 46.8 Å². The van der Waals surface area contributed by atoms with Crippen molar-refractivity contribution in [3.8, 4) is 0 Å². The second-order valence-electron chi connectivity index (χ2n) is 8.12. The van der Waals surface area contributed by atoms with Crippen molar-refractivity contribution in [1.82, 2.24) is 4.90 Å². The van der Waals surface area contributed by atoms with Gasteiger partial charge in [0.2, 0.25) is 0 Å². The van der Waals surface area contributed by atoms with Crippen molar-refractivity contribution >= 4 is 21.7 Å². The van der Waals surface area contributed by atoms with Crippen molar-refractivity contribution in [3.05, 3.63) is 59.7 Å². The molecular weight excluding hydrogens is 400 g/mol. The van der Waals surface area contributed by atoms with Crippen LogP contribution in [-0.4, -0.2) is 45.5 Å². The standard InChI is InChI=1S/C23H32N2O4S/c1-6-25(7-2)16-17-29-22(26)18-8-12-20(13-9-18)24-30(27,28)21-14-10-19(11-15-21)23(3,4)5/h8-15,24H,6-7,16-17H2,1-5H3. The first-order chi connectivity index (χ1) is 14.1. The summed E-state index contributed by atoms with van der Waals surface area (Å²) >= 11 is 0. The normalized spacial score (nSPS) is 12.1. The third-order valence-corrected chi connectivity index (χ3v) is 6.34. The zero-order valence-corrected chi connectivity index (χ0v) is 19.3. The van der Waals surface area contributed by atoms with E-state index in [0.717, 1.165) is 18.7 Å². The number of carbonyl (C=O) groups is 1. The maximum atomic E-state index is 12.6. The van der Waals surface area contributed by atoms with Gasteiger partial charge in [-0.3, -0.25) is 4.72 Å². The van der Waals surface area contributed by atoms with Gasteiger partial charge in [0, 0.05) is 12.2 Å². The Balaban J connectivity index is 2.00. The summed E-state index contributed by atoms with van der Waals surface area (Å²) < 4.78 is 33.1. The van der Waals surface area contributed by atoms with Crippen LogP contribution in [0, 0.1) is 0 Å². The van der Waals surface area contributed by atoms with Crippen LogP contribution in [0.1, 0.15) is 50.5 Å². The lowest BCUT2D eigenvalue weighted by atomic mass is 9.87. The molecule has 30 heavy (non-hydrogen) atoms. The van der Waals surface area contributed by atoms with Crippen molar-refractivity contribution < 1.29 is 17.9 Å². The summed E-state index contributed by atoms with van der Waals surface area (Å²) in [5, 5.41) is 0. The summed E-state index contributed by atoms with van der Waals surface area (Å²) in [5.74, 6) is -0.422. The average molecular weight is 433 g/mol. The molecule has 0 aliphatic heterocycles. The molecule has 2 aromatic carbocycles. The van der Waals surface area contributed by atoms with Crippen molar-refractivity contribution in [2.45, 2.75) is 44.9 Å². The SMILES string of the molecule is CCN(CC)CCOC(=O)c1ccc(NS(=O)(=O)c2ccc(C(C)(C)C)cc2)cc1. The lowest BCUT2D eigenvalue weighted by molar-refractivity contribution is 0.0466. The molecule has 0 radical (unpaired) electrons. The molecule has 0 heterocycles. The lowest BCUT2D eigenvalue weighted by Crippen LogP contribution is -2.27. The number of carbonyl (C=O) groups excluding carboxylic acids is 1. The molecule has 0 aromatic heterocycles. The second-order valence-corrected chi connectivity index (χ2v) is 9.80. The summed E-state index contributed by atoms with van der Waals surface area (Å²) in [5.41, 5.74) is 1.78. The molecule has 6 nitrogen and oxygen atoms in total. The van der Waals surface area contributed by atoms with E-state index in [4.69, 9.17) is 4.74 Å². The average Bonchev–Trinajstić information content (AvgIpc) is 2.71. The Morgan fingerprint density at radius 3 is 2.03 bits per heavy atom. The predicted molar refractivity (Wildman–Crippen MR) is 120 cm³/mol. The number of esters is 1. The molecule has 2 rings (SSSR count). The highest BCUT2D eigenvalue weighted by molar-refractivity contribution is 7.92. The van der Waals surface area contributed by atoms with Crippen LogP contribution in [-0.2, 0) is 20.2 Å². The van der Waals surface area contributed by atoms with E-state index in [1.807, 2.05) is 12.1 Å². The number of nitrogens with zero attached hydrogens (tertiary/aromatic N) is 1. The zero-order valence-electron chi connectivity index (χ0n) is 18.4. The van der Waals surface area contributed by atoms with Crippen LogP contribution in [0.5, 0.6) is 0 Å². The number of hydrogen-bond acceptors (Lipinski definition) is 5. The quantitative estimate of drug-likeness (QED) is 0.599. The molecule has 0 saturated carbocycles. The highest BCUT2D eigenvalue weighted by Gasteiger charge is 2.18. The molecule has 0 fully saturated rings. The first kappa shape index (κ1) is 23.9. The summed E-state index contributed by atoms with van der Waals surface area (Å²) in [6.07, 6.45) is 0. The Kier molecular flexibility index (Phi) is 8.03. The number of rotatable bonds is 9. The van der Waals surface area contributed by atoms with Crippen LogP contribution in [0.2, 0.25) is 0 Å². The summed E-state index contributed by atoms with van der Waals surface area (Å²) in [7, 11) is -3.71. The second kappa shape index (κ2) is 10.1. The molecular formula is C23H32N2O4S. The molecule has 2 aromatic rings. The third kappa shape index (κ3) is 6.57. The van der Waals surface area contributed by atoms with Crippen LogP contribution in [0.15, 0.2) is 53.4 Å². The number of anilines is 1. The Bertz CT molecular complexity index is 927. The smallest absolute Gasteiger partial charge is 0.338 e. The van der Waals surface area contributed by atoms with Gasteiger partial charge in [-0.15, -0.1) is 0 Å². The Hall–Kier alpha value is -2.38. The van der Waals surface area contributed by atoms with Crippen LogP contribution in [0.3, 0.4) is 0 Å². The number of likely N-dealkylation sites (N-methyl/N-ethyl adjacent to an activating group) is 1.